The van der Waals surface area contributed by atoms with Crippen molar-refractivity contribution in [3.05, 3.63) is 34.1 Å². The molecule has 0 saturated carbocycles. The SMILES string of the molecule is NC(=O)C1=CSC(SCC(=O)NC[C@H]2CN(CC3C=C(Cl)C(F)=CC3)CCO2)N1. The van der Waals surface area contributed by atoms with Crippen molar-refractivity contribution in [1.29, 1.82) is 0 Å². The fourth-order valence-corrected chi connectivity index (χ4v) is 5.40. The molecule has 1 saturated heterocycles. The van der Waals surface area contributed by atoms with E-state index in [1.807, 2.05) is 0 Å². The molecule has 0 aromatic rings. The molecular weight excluding hydrogens is 439 g/mol. The molecule has 4 N–H and O–H groups in total. The Bertz CT molecular complexity index is 734. The van der Waals surface area contributed by atoms with Crippen molar-refractivity contribution in [2.24, 2.45) is 11.7 Å². The van der Waals surface area contributed by atoms with Crippen LogP contribution in [-0.2, 0) is 14.3 Å². The Morgan fingerprint density at radius 1 is 1.52 bits per heavy atom. The predicted octanol–water partition coefficient (Wildman–Crippen LogP) is 1.48. The summed E-state index contributed by atoms with van der Waals surface area (Å²) in [6, 6.07) is 0. The quantitative estimate of drug-likeness (QED) is 0.502. The maximum Gasteiger partial charge on any atom is 0.265 e. The van der Waals surface area contributed by atoms with Crippen LogP contribution in [0, 0.1) is 5.92 Å². The molecule has 29 heavy (non-hydrogen) atoms. The monoisotopic (exact) mass is 462 g/mol. The second-order valence-corrected chi connectivity index (χ2v) is 9.72. The number of hydrogen-bond donors (Lipinski definition) is 3. The Hall–Kier alpha value is -1.20. The number of carbonyl (C=O) groups excluding carboxylic acids is 2. The minimum Gasteiger partial charge on any atom is -0.374 e. The molecule has 0 spiro atoms. The van der Waals surface area contributed by atoms with Crippen LogP contribution in [0.1, 0.15) is 6.42 Å². The minimum absolute atomic E-state index is 0.0878. The first kappa shape index (κ1) is 22.5. The fraction of sp³-hybridized carbons (Fsp3) is 0.556. The van der Waals surface area contributed by atoms with E-state index in [0.717, 1.165) is 13.1 Å². The fourth-order valence-electron chi connectivity index (χ4n) is 3.20. The number of nitrogens with zero attached hydrogens (tertiary/aromatic N) is 1. The Kier molecular flexibility index (Phi) is 8.31. The molecule has 2 amide bonds. The van der Waals surface area contributed by atoms with Gasteiger partial charge >= 0.3 is 0 Å². The summed E-state index contributed by atoms with van der Waals surface area (Å²) in [6.07, 6.45) is 3.85. The highest BCUT2D eigenvalue weighted by molar-refractivity contribution is 8.18. The van der Waals surface area contributed by atoms with Crippen LogP contribution >= 0.6 is 35.1 Å². The lowest BCUT2D eigenvalue weighted by Gasteiger charge is -2.35. The second-order valence-electron chi connectivity index (χ2n) is 6.94. The zero-order valence-electron chi connectivity index (χ0n) is 15.7. The summed E-state index contributed by atoms with van der Waals surface area (Å²) >= 11 is 8.70. The van der Waals surface area contributed by atoms with E-state index >= 15 is 0 Å². The van der Waals surface area contributed by atoms with E-state index in [1.165, 1.54) is 29.6 Å². The Balaban J connectivity index is 1.33. The van der Waals surface area contributed by atoms with Crippen molar-refractivity contribution >= 4 is 46.9 Å². The Labute approximate surface area is 182 Å². The molecule has 0 bridgehead atoms. The van der Waals surface area contributed by atoms with Crippen molar-refractivity contribution in [3.8, 4) is 0 Å². The molecule has 7 nitrogen and oxygen atoms in total. The summed E-state index contributed by atoms with van der Waals surface area (Å²) in [5.74, 6) is -0.493. The number of allylic oxidation sites excluding steroid dienone is 3. The van der Waals surface area contributed by atoms with Crippen LogP contribution in [0.2, 0.25) is 0 Å². The van der Waals surface area contributed by atoms with Crippen LogP contribution in [0.25, 0.3) is 0 Å². The van der Waals surface area contributed by atoms with Gasteiger partial charge in [0.2, 0.25) is 5.91 Å². The van der Waals surface area contributed by atoms with Gasteiger partial charge in [-0.1, -0.05) is 29.4 Å². The maximum absolute atomic E-state index is 13.3. The molecule has 1 fully saturated rings. The number of thioether (sulfide) groups is 2. The van der Waals surface area contributed by atoms with Crippen LogP contribution in [-0.4, -0.2) is 66.1 Å². The van der Waals surface area contributed by atoms with Gasteiger partial charge in [-0.15, -0.1) is 11.8 Å². The number of halogens is 2. The molecule has 2 heterocycles. The Morgan fingerprint density at radius 2 is 2.34 bits per heavy atom. The summed E-state index contributed by atoms with van der Waals surface area (Å²) in [5, 5.41) is 7.71. The van der Waals surface area contributed by atoms with Gasteiger partial charge in [0.25, 0.3) is 5.91 Å². The summed E-state index contributed by atoms with van der Waals surface area (Å²) in [4.78, 5) is 25.5. The van der Waals surface area contributed by atoms with Crippen molar-refractivity contribution in [3.63, 3.8) is 0 Å². The lowest BCUT2D eigenvalue weighted by atomic mass is 9.99. The molecular formula is C18H24ClFN4O3S2. The number of ether oxygens (including phenoxy) is 1. The van der Waals surface area contributed by atoms with Crippen LogP contribution < -0.4 is 16.4 Å². The summed E-state index contributed by atoms with van der Waals surface area (Å²) in [5.41, 5.74) is 5.58. The third kappa shape index (κ3) is 6.92. The van der Waals surface area contributed by atoms with Gasteiger partial charge in [-0.05, 0) is 18.4 Å². The topological polar surface area (TPSA) is 96.7 Å². The van der Waals surface area contributed by atoms with Crippen LogP contribution in [0.4, 0.5) is 4.39 Å². The van der Waals surface area contributed by atoms with Gasteiger partial charge in [-0.3, -0.25) is 14.5 Å². The zero-order chi connectivity index (χ0) is 20.8. The standard InChI is InChI=1S/C18H24ClFN4O3S2/c19-13-5-11(1-2-14(13)20)7-24-3-4-27-12(8-24)6-22-16(25)10-29-18-23-15(9-28-18)17(21)26/h2,5,9,11-12,18,23H,1,3-4,6-8,10H2,(H2,21,26)(H,22,25)/t11?,12-,18?/m0/s1. The lowest BCUT2D eigenvalue weighted by Crippen LogP contribution is -2.49. The first-order valence-corrected chi connectivity index (χ1v) is 11.6. The molecule has 0 radical (unpaired) electrons. The normalized spacial score (nSPS) is 27.5. The van der Waals surface area contributed by atoms with Crippen molar-refractivity contribution in [2.75, 3.05) is 38.5 Å². The maximum atomic E-state index is 13.3. The van der Waals surface area contributed by atoms with Gasteiger partial charge in [0.05, 0.1) is 23.5 Å². The summed E-state index contributed by atoms with van der Waals surface area (Å²) in [7, 11) is 0. The highest BCUT2D eigenvalue weighted by Crippen LogP contribution is 2.29. The molecule has 2 unspecified atom stereocenters. The molecule has 3 aliphatic rings. The summed E-state index contributed by atoms with van der Waals surface area (Å²) < 4.78 is 19.0. The second kappa shape index (κ2) is 10.7. The average molecular weight is 463 g/mol. The number of hydrogen-bond acceptors (Lipinski definition) is 7. The van der Waals surface area contributed by atoms with E-state index in [2.05, 4.69) is 15.5 Å². The molecule has 2 aliphatic heterocycles. The lowest BCUT2D eigenvalue weighted by molar-refractivity contribution is -0.119. The van der Waals surface area contributed by atoms with Crippen molar-refractivity contribution in [1.82, 2.24) is 15.5 Å². The largest absolute Gasteiger partial charge is 0.374 e. The molecule has 160 valence electrons. The highest BCUT2D eigenvalue weighted by Gasteiger charge is 2.25. The van der Waals surface area contributed by atoms with Crippen molar-refractivity contribution in [2.45, 2.75) is 17.2 Å². The number of rotatable bonds is 8. The third-order valence-corrected chi connectivity index (χ3v) is 7.30. The van der Waals surface area contributed by atoms with Crippen LogP contribution in [0.3, 0.4) is 0 Å². The first-order valence-electron chi connectivity index (χ1n) is 9.28. The first-order chi connectivity index (χ1) is 13.9. The number of morpholine rings is 1. The zero-order valence-corrected chi connectivity index (χ0v) is 18.1. The van der Waals surface area contributed by atoms with E-state index in [0.29, 0.717) is 31.8 Å². The van der Waals surface area contributed by atoms with Gasteiger partial charge in [-0.2, -0.15) is 0 Å². The van der Waals surface area contributed by atoms with E-state index < -0.39 is 5.91 Å². The number of amides is 2. The van der Waals surface area contributed by atoms with Gasteiger partial charge in [0.1, 0.15) is 16.2 Å². The van der Waals surface area contributed by atoms with Gasteiger partial charge in [0.15, 0.2) is 0 Å². The van der Waals surface area contributed by atoms with Crippen LogP contribution in [0.15, 0.2) is 34.1 Å². The van der Waals surface area contributed by atoms with E-state index in [9.17, 15) is 14.0 Å². The van der Waals surface area contributed by atoms with Crippen LogP contribution in [0.5, 0.6) is 0 Å². The summed E-state index contributed by atoms with van der Waals surface area (Å²) in [6.45, 7) is 3.31. The molecule has 1 aliphatic carbocycles. The predicted molar refractivity (Wildman–Crippen MR) is 115 cm³/mol. The van der Waals surface area contributed by atoms with E-state index in [1.54, 1.807) is 11.5 Å². The third-order valence-electron chi connectivity index (χ3n) is 4.67. The van der Waals surface area contributed by atoms with Gasteiger partial charge in [-0.25, -0.2) is 4.39 Å². The highest BCUT2D eigenvalue weighted by atomic mass is 35.5. The molecule has 0 aromatic heterocycles. The van der Waals surface area contributed by atoms with E-state index in [4.69, 9.17) is 22.1 Å². The smallest absolute Gasteiger partial charge is 0.265 e. The molecule has 3 rings (SSSR count). The minimum atomic E-state index is -0.504. The molecule has 3 atom stereocenters. The number of carbonyl (C=O) groups is 2. The number of primary amides is 1. The van der Waals surface area contributed by atoms with Gasteiger partial charge in [0, 0.05) is 31.6 Å². The van der Waals surface area contributed by atoms with Gasteiger partial charge < -0.3 is 21.1 Å². The van der Waals surface area contributed by atoms with Crippen molar-refractivity contribution < 1.29 is 18.7 Å². The van der Waals surface area contributed by atoms with E-state index in [-0.39, 0.29) is 39.2 Å². The molecule has 0 aromatic carbocycles. The average Bonchev–Trinajstić information content (AvgIpc) is 3.17. The number of nitrogens with one attached hydrogen (secondary N) is 2. The molecule has 11 heteroatoms. The Morgan fingerprint density at radius 3 is 3.07 bits per heavy atom. The number of nitrogens with two attached hydrogens (primary N) is 1.